The van der Waals surface area contributed by atoms with Crippen molar-refractivity contribution in [1.82, 2.24) is 24.8 Å². The largest absolute Gasteiger partial charge is 0.349 e. The molecule has 1 aromatic heterocycles. The Balaban J connectivity index is 1.43. The molecular weight excluding hydrogens is 386 g/mol. The van der Waals surface area contributed by atoms with Gasteiger partial charge in [-0.25, -0.2) is 13.1 Å². The van der Waals surface area contributed by atoms with E-state index in [1.807, 2.05) is 22.8 Å². The van der Waals surface area contributed by atoms with E-state index in [-0.39, 0.29) is 25.4 Å². The first-order valence-corrected chi connectivity index (χ1v) is 10.6. The highest BCUT2D eigenvalue weighted by atomic mass is 32.2. The molecule has 1 aliphatic rings. The van der Waals surface area contributed by atoms with Gasteiger partial charge in [0.25, 0.3) is 0 Å². The van der Waals surface area contributed by atoms with Crippen LogP contribution < -0.4 is 10.0 Å². The second-order valence-electron chi connectivity index (χ2n) is 6.23. The summed E-state index contributed by atoms with van der Waals surface area (Å²) in [5.74, 6) is 0.420. The molecule has 1 heterocycles. The lowest BCUT2D eigenvalue weighted by molar-refractivity contribution is -0.121. The molecule has 8 nitrogen and oxygen atoms in total. The van der Waals surface area contributed by atoms with Crippen LogP contribution in [0.2, 0.25) is 0 Å². The lowest BCUT2D eigenvalue weighted by Crippen LogP contribution is -2.30. The summed E-state index contributed by atoms with van der Waals surface area (Å²) in [5, 5.41) is 10.7. The van der Waals surface area contributed by atoms with Crippen LogP contribution in [0.5, 0.6) is 0 Å². The van der Waals surface area contributed by atoms with Gasteiger partial charge in [0, 0.05) is 24.4 Å². The highest BCUT2D eigenvalue weighted by Crippen LogP contribution is 2.35. The molecule has 0 spiro atoms. The average molecular weight is 408 g/mol. The monoisotopic (exact) mass is 407 g/mol. The van der Waals surface area contributed by atoms with E-state index in [1.54, 1.807) is 12.1 Å². The molecule has 0 radical (unpaired) electrons. The Morgan fingerprint density at radius 2 is 2.07 bits per heavy atom. The van der Waals surface area contributed by atoms with Crippen LogP contribution in [0.1, 0.15) is 36.7 Å². The van der Waals surface area contributed by atoms with Gasteiger partial charge >= 0.3 is 0 Å². The average Bonchev–Trinajstić information content (AvgIpc) is 3.41. The molecule has 1 fully saturated rings. The van der Waals surface area contributed by atoms with E-state index in [9.17, 15) is 13.2 Å². The van der Waals surface area contributed by atoms with Gasteiger partial charge in [-0.2, -0.15) is 5.10 Å². The molecule has 2 aromatic rings. The van der Waals surface area contributed by atoms with E-state index in [0.717, 1.165) is 23.8 Å². The van der Waals surface area contributed by atoms with Gasteiger partial charge in [0.05, 0.1) is 6.54 Å². The summed E-state index contributed by atoms with van der Waals surface area (Å²) in [7, 11) is -3.59. The highest BCUT2D eigenvalue weighted by Gasteiger charge is 2.27. The summed E-state index contributed by atoms with van der Waals surface area (Å²) < 4.78 is 28.7. The highest BCUT2D eigenvalue weighted by molar-refractivity contribution is 7.92. The van der Waals surface area contributed by atoms with Crippen molar-refractivity contribution in [1.29, 1.82) is 0 Å². The summed E-state index contributed by atoms with van der Waals surface area (Å²) in [5.41, 5.74) is 0.782. The predicted molar refractivity (Wildman–Crippen MR) is 105 cm³/mol. The smallest absolute Gasteiger partial charge is 0.233 e. The van der Waals surface area contributed by atoms with E-state index in [1.165, 1.54) is 6.08 Å². The molecule has 144 valence electrons. The Morgan fingerprint density at radius 1 is 1.33 bits per heavy atom. The normalized spacial score (nSPS) is 14.5. The molecule has 0 saturated heterocycles. The lowest BCUT2D eigenvalue weighted by atomic mass is 10.2. The molecule has 0 atom stereocenters. The van der Waals surface area contributed by atoms with E-state index in [2.05, 4.69) is 20.2 Å². The third-order valence-corrected chi connectivity index (χ3v) is 5.42. The molecule has 1 saturated carbocycles. The van der Waals surface area contributed by atoms with Crippen LogP contribution in [-0.2, 0) is 21.4 Å². The molecule has 1 amide bonds. The van der Waals surface area contributed by atoms with Crippen LogP contribution in [0, 0.1) is 4.77 Å². The summed E-state index contributed by atoms with van der Waals surface area (Å²) in [6.07, 6.45) is 3.66. The first-order valence-electron chi connectivity index (χ1n) is 8.60. The first kappa shape index (κ1) is 19.5. The van der Waals surface area contributed by atoms with Gasteiger partial charge in [0.2, 0.25) is 15.9 Å². The van der Waals surface area contributed by atoms with Crippen molar-refractivity contribution in [3.05, 3.63) is 51.9 Å². The van der Waals surface area contributed by atoms with Gasteiger partial charge in [-0.3, -0.25) is 14.5 Å². The van der Waals surface area contributed by atoms with Crippen LogP contribution in [0.25, 0.3) is 6.08 Å². The fraction of sp³-hybridized carbons (Fsp3) is 0.353. The number of amides is 1. The van der Waals surface area contributed by atoms with Gasteiger partial charge in [0.1, 0.15) is 0 Å². The number of aromatic amines is 1. The number of aromatic nitrogens is 3. The number of nitrogens with zero attached hydrogens (tertiary/aromatic N) is 2. The van der Waals surface area contributed by atoms with Gasteiger partial charge in [-0.15, -0.1) is 0 Å². The predicted octanol–water partition coefficient (Wildman–Crippen LogP) is 1.87. The van der Waals surface area contributed by atoms with Crippen molar-refractivity contribution in [2.24, 2.45) is 0 Å². The lowest BCUT2D eigenvalue weighted by Gasteiger charge is -2.07. The zero-order chi connectivity index (χ0) is 19.3. The summed E-state index contributed by atoms with van der Waals surface area (Å²) in [6.45, 7) is 0.270. The van der Waals surface area contributed by atoms with Crippen molar-refractivity contribution < 1.29 is 13.2 Å². The number of benzene rings is 1. The maximum absolute atomic E-state index is 11.9. The number of carbonyl (C=O) groups is 1. The SMILES string of the molecule is O=C(CCNS(=O)(=O)/C=C/c1ccccc1)NCc1n[nH]c(=S)n1C1CC1. The number of sulfonamides is 1. The zero-order valence-electron chi connectivity index (χ0n) is 14.6. The molecule has 1 aliphatic carbocycles. The molecule has 0 aliphatic heterocycles. The van der Waals surface area contributed by atoms with E-state index in [4.69, 9.17) is 12.2 Å². The fourth-order valence-corrected chi connectivity index (χ4v) is 3.64. The molecule has 10 heteroatoms. The minimum Gasteiger partial charge on any atom is -0.349 e. The Kier molecular flexibility index (Phi) is 6.19. The second kappa shape index (κ2) is 8.59. The van der Waals surface area contributed by atoms with Crippen LogP contribution in [0.15, 0.2) is 35.7 Å². The molecule has 3 N–H and O–H groups in total. The first-order chi connectivity index (χ1) is 12.9. The van der Waals surface area contributed by atoms with Crippen LogP contribution >= 0.6 is 12.2 Å². The number of nitrogens with one attached hydrogen (secondary N) is 3. The Labute approximate surface area is 162 Å². The molecule has 3 rings (SSSR count). The van der Waals surface area contributed by atoms with Crippen LogP contribution in [-0.4, -0.2) is 35.6 Å². The summed E-state index contributed by atoms with van der Waals surface area (Å²) in [4.78, 5) is 11.9. The Bertz CT molecular complexity index is 975. The molecule has 0 bridgehead atoms. The van der Waals surface area contributed by atoms with Gasteiger partial charge < -0.3 is 5.32 Å². The number of H-pyrrole nitrogens is 1. The summed E-state index contributed by atoms with van der Waals surface area (Å²) in [6, 6.07) is 9.48. The number of carbonyl (C=O) groups excluding carboxylic acids is 1. The van der Waals surface area contributed by atoms with Crippen molar-refractivity contribution in [2.45, 2.75) is 31.8 Å². The number of hydrogen-bond donors (Lipinski definition) is 3. The topological polar surface area (TPSA) is 109 Å². The quantitative estimate of drug-likeness (QED) is 0.550. The van der Waals surface area contributed by atoms with Crippen molar-refractivity contribution in [3.63, 3.8) is 0 Å². The third kappa shape index (κ3) is 5.84. The maximum Gasteiger partial charge on any atom is 0.233 e. The minimum absolute atomic E-state index is 0.0166. The maximum atomic E-state index is 11.9. The third-order valence-electron chi connectivity index (χ3n) is 4.03. The number of rotatable bonds is 9. The van der Waals surface area contributed by atoms with Crippen molar-refractivity contribution >= 4 is 34.2 Å². The molecule has 1 aromatic carbocycles. The Hall–Kier alpha value is -2.30. The van der Waals surface area contributed by atoms with Crippen LogP contribution in [0.3, 0.4) is 0 Å². The fourth-order valence-electron chi connectivity index (χ4n) is 2.52. The molecule has 0 unspecified atom stereocenters. The molecule has 27 heavy (non-hydrogen) atoms. The van der Waals surface area contributed by atoms with E-state index < -0.39 is 10.0 Å². The van der Waals surface area contributed by atoms with Crippen molar-refractivity contribution in [2.75, 3.05) is 6.54 Å². The summed E-state index contributed by atoms with van der Waals surface area (Å²) >= 11 is 5.19. The van der Waals surface area contributed by atoms with Gasteiger partial charge in [-0.05, 0) is 36.7 Å². The van der Waals surface area contributed by atoms with Crippen LogP contribution in [0.4, 0.5) is 0 Å². The van der Waals surface area contributed by atoms with Gasteiger partial charge in [0.15, 0.2) is 10.6 Å². The molecular formula is C17H21N5O3S2. The zero-order valence-corrected chi connectivity index (χ0v) is 16.2. The van der Waals surface area contributed by atoms with Gasteiger partial charge in [-0.1, -0.05) is 30.3 Å². The second-order valence-corrected chi connectivity index (χ2v) is 8.26. The minimum atomic E-state index is -3.59. The Morgan fingerprint density at radius 3 is 2.78 bits per heavy atom. The van der Waals surface area contributed by atoms with Crippen molar-refractivity contribution in [3.8, 4) is 0 Å². The van der Waals surface area contributed by atoms with E-state index >= 15 is 0 Å². The number of hydrogen-bond acceptors (Lipinski definition) is 5. The standard InChI is InChI=1S/C17H21N5O3S2/c23-16(18-12-15-20-21-17(26)22(15)14-6-7-14)8-10-19-27(24,25)11-9-13-4-2-1-3-5-13/h1-5,9,11,14,19H,6-8,10,12H2,(H,18,23)(H,21,26)/b11-9+. The van der Waals surface area contributed by atoms with E-state index in [0.29, 0.717) is 16.6 Å².